The predicted molar refractivity (Wildman–Crippen MR) is 85.0 cm³/mol. The highest BCUT2D eigenvalue weighted by Crippen LogP contribution is 2.46. The fourth-order valence-corrected chi connectivity index (χ4v) is 5.10. The van der Waals surface area contributed by atoms with Crippen LogP contribution in [0, 0.1) is 6.92 Å². The second-order valence-corrected chi connectivity index (χ2v) is 6.62. The highest BCUT2D eigenvalue weighted by atomic mass is 32.1. The molecule has 0 amide bonds. The summed E-state index contributed by atoms with van der Waals surface area (Å²) in [6.07, 6.45) is 5.41. The Kier molecular flexibility index (Phi) is 5.04. The van der Waals surface area contributed by atoms with Crippen LogP contribution < -0.4 is 5.32 Å². The Labute approximate surface area is 122 Å². The fraction of sp³-hybridized carbons (Fsp3) is 0.750. The maximum atomic E-state index is 3.65. The van der Waals surface area contributed by atoms with Crippen molar-refractivity contribution in [2.75, 3.05) is 20.1 Å². The molecule has 1 N–H and O–H groups in total. The monoisotopic (exact) mass is 280 g/mol. The Morgan fingerprint density at radius 1 is 1.32 bits per heavy atom. The number of nitrogens with one attached hydrogen (secondary N) is 1. The minimum atomic E-state index is 0.327. The van der Waals surface area contributed by atoms with Crippen molar-refractivity contribution < 1.29 is 0 Å². The Hall–Kier alpha value is -0.380. The van der Waals surface area contributed by atoms with Gasteiger partial charge < -0.3 is 5.32 Å². The van der Waals surface area contributed by atoms with E-state index in [0.29, 0.717) is 11.6 Å². The number of hydrogen-bond acceptors (Lipinski definition) is 3. The molecule has 1 saturated carbocycles. The van der Waals surface area contributed by atoms with Gasteiger partial charge in [-0.2, -0.15) is 0 Å². The lowest BCUT2D eigenvalue weighted by Crippen LogP contribution is -2.54. The molecule has 1 aromatic heterocycles. The number of aryl methyl sites for hydroxylation is 1. The summed E-state index contributed by atoms with van der Waals surface area (Å²) in [5.41, 5.74) is 1.77. The van der Waals surface area contributed by atoms with Gasteiger partial charge in [0, 0.05) is 10.4 Å². The molecule has 1 atom stereocenters. The molecular weight excluding hydrogens is 252 g/mol. The van der Waals surface area contributed by atoms with E-state index in [9.17, 15) is 0 Å². The Bertz CT molecular complexity index is 389. The molecule has 108 valence electrons. The molecule has 0 spiro atoms. The Balaban J connectivity index is 2.39. The van der Waals surface area contributed by atoms with Crippen LogP contribution in [0.25, 0.3) is 0 Å². The smallest absolute Gasteiger partial charge is 0.0602 e. The molecule has 19 heavy (non-hydrogen) atoms. The summed E-state index contributed by atoms with van der Waals surface area (Å²) in [5.74, 6) is 0. The summed E-state index contributed by atoms with van der Waals surface area (Å²) >= 11 is 1.92. The van der Waals surface area contributed by atoms with Gasteiger partial charge >= 0.3 is 0 Å². The predicted octanol–water partition coefficient (Wildman–Crippen LogP) is 3.97. The van der Waals surface area contributed by atoms with Crippen molar-refractivity contribution in [2.24, 2.45) is 0 Å². The van der Waals surface area contributed by atoms with E-state index in [2.05, 4.69) is 49.5 Å². The number of thiophene rings is 1. The summed E-state index contributed by atoms with van der Waals surface area (Å²) in [7, 11) is 2.13. The molecule has 1 aliphatic rings. The van der Waals surface area contributed by atoms with Crippen LogP contribution in [0.5, 0.6) is 0 Å². The third-order valence-corrected chi connectivity index (χ3v) is 5.94. The van der Waals surface area contributed by atoms with E-state index in [1.165, 1.54) is 36.1 Å². The maximum absolute atomic E-state index is 3.65. The van der Waals surface area contributed by atoms with Crippen LogP contribution in [0.3, 0.4) is 0 Å². The van der Waals surface area contributed by atoms with E-state index in [1.54, 1.807) is 0 Å². The lowest BCUT2D eigenvalue weighted by molar-refractivity contribution is 0.0666. The minimum absolute atomic E-state index is 0.327. The third kappa shape index (κ3) is 2.61. The van der Waals surface area contributed by atoms with Gasteiger partial charge in [0.25, 0.3) is 0 Å². The summed E-state index contributed by atoms with van der Waals surface area (Å²) in [4.78, 5) is 4.23. The number of likely N-dealkylation sites (N-methyl/N-ethyl adjacent to an activating group) is 2. The molecule has 0 aliphatic heterocycles. The molecule has 1 aliphatic carbocycles. The topological polar surface area (TPSA) is 15.3 Å². The molecule has 1 aromatic rings. The quantitative estimate of drug-likeness (QED) is 0.848. The van der Waals surface area contributed by atoms with Gasteiger partial charge in [-0.15, -0.1) is 11.3 Å². The van der Waals surface area contributed by atoms with Crippen LogP contribution in [0.1, 0.15) is 56.0 Å². The first-order valence-electron chi connectivity index (χ1n) is 7.66. The van der Waals surface area contributed by atoms with Crippen LogP contribution in [0.2, 0.25) is 0 Å². The summed E-state index contributed by atoms with van der Waals surface area (Å²) in [5, 5.41) is 5.88. The normalized spacial score (nSPS) is 20.1. The third-order valence-electron chi connectivity index (χ3n) is 4.85. The Morgan fingerprint density at radius 3 is 2.37 bits per heavy atom. The zero-order valence-electron chi connectivity index (χ0n) is 12.8. The van der Waals surface area contributed by atoms with Crippen molar-refractivity contribution in [1.29, 1.82) is 0 Å². The van der Waals surface area contributed by atoms with E-state index in [1.807, 2.05) is 11.3 Å². The van der Waals surface area contributed by atoms with Gasteiger partial charge in [0.05, 0.1) is 6.04 Å². The molecule has 1 heterocycles. The van der Waals surface area contributed by atoms with Gasteiger partial charge in [0.2, 0.25) is 0 Å². The van der Waals surface area contributed by atoms with Crippen molar-refractivity contribution in [1.82, 2.24) is 10.2 Å². The van der Waals surface area contributed by atoms with Gasteiger partial charge in [-0.05, 0) is 56.9 Å². The molecule has 1 unspecified atom stereocenters. The first-order valence-corrected chi connectivity index (χ1v) is 8.53. The van der Waals surface area contributed by atoms with Gasteiger partial charge in [0.1, 0.15) is 0 Å². The van der Waals surface area contributed by atoms with Crippen molar-refractivity contribution >= 4 is 11.3 Å². The molecule has 0 radical (unpaired) electrons. The molecule has 2 nitrogen and oxygen atoms in total. The minimum Gasteiger partial charge on any atom is -0.311 e. The summed E-state index contributed by atoms with van der Waals surface area (Å²) in [6, 6.07) is 2.74. The molecular formula is C16H28N2S. The summed E-state index contributed by atoms with van der Waals surface area (Å²) in [6.45, 7) is 9.16. The maximum Gasteiger partial charge on any atom is 0.0602 e. The van der Waals surface area contributed by atoms with E-state index in [0.717, 1.165) is 13.1 Å². The van der Waals surface area contributed by atoms with Crippen molar-refractivity contribution in [3.8, 4) is 0 Å². The molecule has 0 aromatic carbocycles. The van der Waals surface area contributed by atoms with Crippen LogP contribution in [-0.4, -0.2) is 30.6 Å². The van der Waals surface area contributed by atoms with Crippen LogP contribution in [0.4, 0.5) is 0 Å². The fourth-order valence-electron chi connectivity index (χ4n) is 3.95. The van der Waals surface area contributed by atoms with E-state index in [-0.39, 0.29) is 0 Å². The second kappa shape index (κ2) is 6.38. The van der Waals surface area contributed by atoms with Crippen molar-refractivity contribution in [3.63, 3.8) is 0 Å². The van der Waals surface area contributed by atoms with Crippen LogP contribution in [-0.2, 0) is 0 Å². The number of nitrogens with zero attached hydrogens (tertiary/aromatic N) is 1. The Morgan fingerprint density at radius 2 is 1.95 bits per heavy atom. The zero-order chi connectivity index (χ0) is 13.9. The van der Waals surface area contributed by atoms with Crippen LogP contribution in [0.15, 0.2) is 11.4 Å². The number of hydrogen-bond donors (Lipinski definition) is 1. The van der Waals surface area contributed by atoms with Gasteiger partial charge in [-0.3, -0.25) is 4.90 Å². The van der Waals surface area contributed by atoms with Gasteiger partial charge in [0.15, 0.2) is 0 Å². The van der Waals surface area contributed by atoms with Crippen molar-refractivity contribution in [3.05, 3.63) is 21.9 Å². The molecule has 0 saturated heterocycles. The molecule has 3 heteroatoms. The van der Waals surface area contributed by atoms with E-state index < -0.39 is 0 Å². The lowest BCUT2D eigenvalue weighted by atomic mass is 9.84. The van der Waals surface area contributed by atoms with Crippen LogP contribution >= 0.6 is 11.3 Å². The number of rotatable bonds is 6. The average molecular weight is 280 g/mol. The van der Waals surface area contributed by atoms with Crippen molar-refractivity contribution in [2.45, 2.75) is 58.0 Å². The average Bonchev–Trinajstić information content (AvgIpc) is 3.04. The van der Waals surface area contributed by atoms with Gasteiger partial charge in [-0.1, -0.05) is 26.7 Å². The molecule has 1 fully saturated rings. The first-order chi connectivity index (χ1) is 9.19. The van der Waals surface area contributed by atoms with E-state index in [4.69, 9.17) is 0 Å². The highest BCUT2D eigenvalue weighted by Gasteiger charge is 2.45. The lowest BCUT2D eigenvalue weighted by Gasteiger charge is -2.46. The largest absolute Gasteiger partial charge is 0.311 e. The van der Waals surface area contributed by atoms with E-state index >= 15 is 0 Å². The standard InChI is InChI=1S/C16H28N2S/c1-5-18(6-2)16(10-7-8-11-16)15(17-4)14-13(3)9-12-19-14/h9,12,15,17H,5-8,10-11H2,1-4H3. The summed E-state index contributed by atoms with van der Waals surface area (Å²) < 4.78 is 0. The second-order valence-electron chi connectivity index (χ2n) is 5.67. The first kappa shape index (κ1) is 15.0. The molecule has 0 bridgehead atoms. The SMILES string of the molecule is CCN(CC)C1(C(NC)c2sccc2C)CCCC1. The molecule has 2 rings (SSSR count). The van der Waals surface area contributed by atoms with Gasteiger partial charge in [-0.25, -0.2) is 0 Å². The highest BCUT2D eigenvalue weighted by molar-refractivity contribution is 7.10. The zero-order valence-corrected chi connectivity index (χ0v) is 13.6.